The lowest BCUT2D eigenvalue weighted by atomic mass is 10.1. The van der Waals surface area contributed by atoms with Crippen molar-refractivity contribution in [1.29, 1.82) is 0 Å². The van der Waals surface area contributed by atoms with Crippen LogP contribution >= 0.6 is 11.6 Å². The Morgan fingerprint density at radius 3 is 2.68 bits per heavy atom. The topological polar surface area (TPSA) is 41.1 Å². The first-order valence-corrected chi connectivity index (χ1v) is 5.81. The van der Waals surface area contributed by atoms with Crippen molar-refractivity contribution in [2.45, 2.75) is 19.5 Å². The van der Waals surface area contributed by atoms with Crippen LogP contribution in [-0.4, -0.2) is 6.03 Å². The van der Waals surface area contributed by atoms with E-state index in [4.69, 9.17) is 11.6 Å². The molecule has 1 rings (SSSR count). The minimum atomic E-state index is -4.59. The number of urea groups is 1. The van der Waals surface area contributed by atoms with Crippen LogP contribution in [0.1, 0.15) is 18.9 Å². The van der Waals surface area contributed by atoms with E-state index < -0.39 is 17.8 Å². The van der Waals surface area contributed by atoms with Gasteiger partial charge in [0.1, 0.15) is 0 Å². The van der Waals surface area contributed by atoms with Gasteiger partial charge in [0.05, 0.1) is 11.3 Å². The Labute approximate surface area is 113 Å². The van der Waals surface area contributed by atoms with Crippen LogP contribution in [0.5, 0.6) is 0 Å². The molecule has 0 fully saturated rings. The molecule has 1 aromatic carbocycles. The molecule has 0 saturated heterocycles. The van der Waals surface area contributed by atoms with Gasteiger partial charge in [-0.15, -0.1) is 0 Å². The van der Waals surface area contributed by atoms with E-state index >= 15 is 0 Å². The number of nitrogens with one attached hydrogen (secondary N) is 2. The number of carbonyl (C=O) groups is 1. The summed E-state index contributed by atoms with van der Waals surface area (Å²) in [6.45, 7) is 1.86. The van der Waals surface area contributed by atoms with E-state index in [0.29, 0.717) is 6.42 Å². The average molecular weight is 293 g/mol. The number of rotatable bonds is 3. The Kier molecular flexibility index (Phi) is 5.23. The van der Waals surface area contributed by atoms with Gasteiger partial charge in [-0.3, -0.25) is 0 Å². The first-order chi connectivity index (χ1) is 8.84. The van der Waals surface area contributed by atoms with Crippen LogP contribution in [0.2, 0.25) is 5.02 Å². The summed E-state index contributed by atoms with van der Waals surface area (Å²) in [7, 11) is 0. The van der Waals surface area contributed by atoms with Gasteiger partial charge in [-0.1, -0.05) is 24.6 Å². The minimum absolute atomic E-state index is 0.0517. The van der Waals surface area contributed by atoms with Crippen LogP contribution in [0.25, 0.3) is 0 Å². The lowest BCUT2D eigenvalue weighted by Gasteiger charge is -2.13. The van der Waals surface area contributed by atoms with Gasteiger partial charge in [0.2, 0.25) is 0 Å². The van der Waals surface area contributed by atoms with E-state index in [2.05, 4.69) is 10.6 Å². The normalized spacial score (nSPS) is 11.6. The number of amides is 2. The molecular formula is C12H12ClF3N2O. The first kappa shape index (κ1) is 15.4. The van der Waals surface area contributed by atoms with Crippen LogP contribution in [0.3, 0.4) is 0 Å². The molecule has 0 aliphatic heterocycles. The zero-order valence-electron chi connectivity index (χ0n) is 10.0. The van der Waals surface area contributed by atoms with E-state index in [1.807, 2.05) is 6.92 Å². The van der Waals surface area contributed by atoms with Gasteiger partial charge in [-0.05, 0) is 24.6 Å². The number of hydrogen-bond donors (Lipinski definition) is 2. The molecule has 0 aliphatic rings. The Morgan fingerprint density at radius 1 is 1.42 bits per heavy atom. The van der Waals surface area contributed by atoms with Crippen molar-refractivity contribution in [3.63, 3.8) is 0 Å². The van der Waals surface area contributed by atoms with E-state index in [1.165, 1.54) is 12.3 Å². The molecule has 1 aromatic rings. The molecule has 0 aliphatic carbocycles. The number of benzene rings is 1. The Morgan fingerprint density at radius 2 is 2.11 bits per heavy atom. The molecule has 104 valence electrons. The molecule has 2 N–H and O–H groups in total. The second kappa shape index (κ2) is 6.47. The third kappa shape index (κ3) is 4.82. The minimum Gasteiger partial charge on any atom is -0.315 e. The second-order valence-corrected chi connectivity index (χ2v) is 4.03. The highest BCUT2D eigenvalue weighted by Gasteiger charge is 2.34. The zero-order valence-corrected chi connectivity index (χ0v) is 10.8. The Hall–Kier alpha value is -1.69. The molecule has 0 heterocycles. The van der Waals surface area contributed by atoms with Crippen molar-refractivity contribution in [2.24, 2.45) is 0 Å². The van der Waals surface area contributed by atoms with Gasteiger partial charge in [-0.2, -0.15) is 13.2 Å². The Bertz CT molecular complexity index is 486. The van der Waals surface area contributed by atoms with Crippen molar-refractivity contribution >= 4 is 23.3 Å². The first-order valence-electron chi connectivity index (χ1n) is 5.44. The number of anilines is 1. The van der Waals surface area contributed by atoms with Crippen molar-refractivity contribution in [3.8, 4) is 0 Å². The quantitative estimate of drug-likeness (QED) is 0.851. The van der Waals surface area contributed by atoms with E-state index in [0.717, 1.165) is 12.1 Å². The molecule has 0 aromatic heterocycles. The lowest BCUT2D eigenvalue weighted by Crippen LogP contribution is -2.25. The zero-order chi connectivity index (χ0) is 14.5. The van der Waals surface area contributed by atoms with E-state index in [1.54, 1.807) is 6.08 Å². The van der Waals surface area contributed by atoms with E-state index in [-0.39, 0.29) is 10.7 Å². The maximum absolute atomic E-state index is 12.7. The SMILES string of the molecule is CC/C=C/NC(=O)Nc1ccc(Cl)cc1C(F)(F)F. The molecule has 19 heavy (non-hydrogen) atoms. The van der Waals surface area contributed by atoms with Gasteiger partial charge in [-0.25, -0.2) is 4.79 Å². The second-order valence-electron chi connectivity index (χ2n) is 3.60. The van der Waals surface area contributed by atoms with Gasteiger partial charge in [0.25, 0.3) is 0 Å². The highest BCUT2D eigenvalue weighted by Crippen LogP contribution is 2.36. The monoisotopic (exact) mass is 292 g/mol. The molecule has 0 atom stereocenters. The molecule has 2 amide bonds. The summed E-state index contributed by atoms with van der Waals surface area (Å²) in [4.78, 5) is 11.4. The highest BCUT2D eigenvalue weighted by atomic mass is 35.5. The van der Waals surface area contributed by atoms with Gasteiger partial charge in [0, 0.05) is 11.2 Å². The summed E-state index contributed by atoms with van der Waals surface area (Å²) < 4.78 is 38.2. The summed E-state index contributed by atoms with van der Waals surface area (Å²) >= 11 is 5.52. The smallest absolute Gasteiger partial charge is 0.315 e. The molecule has 0 saturated carbocycles. The predicted molar refractivity (Wildman–Crippen MR) is 68.0 cm³/mol. The summed E-state index contributed by atoms with van der Waals surface area (Å²) in [5, 5.41) is 4.37. The Balaban J connectivity index is 2.89. The van der Waals surface area contributed by atoms with Crippen molar-refractivity contribution in [1.82, 2.24) is 5.32 Å². The highest BCUT2D eigenvalue weighted by molar-refractivity contribution is 6.30. The summed E-state index contributed by atoms with van der Waals surface area (Å²) in [5.74, 6) is 0. The molecule has 7 heteroatoms. The van der Waals surface area contributed by atoms with Crippen LogP contribution < -0.4 is 10.6 Å². The summed E-state index contributed by atoms with van der Waals surface area (Å²) in [6, 6.07) is 2.39. The van der Waals surface area contributed by atoms with Crippen molar-refractivity contribution < 1.29 is 18.0 Å². The van der Waals surface area contributed by atoms with Gasteiger partial charge in [0.15, 0.2) is 0 Å². The molecule has 0 radical (unpaired) electrons. The number of halogens is 4. The van der Waals surface area contributed by atoms with Crippen molar-refractivity contribution in [2.75, 3.05) is 5.32 Å². The van der Waals surface area contributed by atoms with Gasteiger partial charge >= 0.3 is 12.2 Å². The molecule has 0 spiro atoms. The number of hydrogen-bond acceptors (Lipinski definition) is 1. The third-order valence-electron chi connectivity index (χ3n) is 2.10. The lowest BCUT2D eigenvalue weighted by molar-refractivity contribution is -0.136. The fourth-order valence-corrected chi connectivity index (χ4v) is 1.44. The van der Waals surface area contributed by atoms with E-state index in [9.17, 15) is 18.0 Å². The fraction of sp³-hybridized carbons (Fsp3) is 0.250. The number of allylic oxidation sites excluding steroid dienone is 1. The molecule has 0 bridgehead atoms. The van der Waals surface area contributed by atoms with Crippen LogP contribution in [0, 0.1) is 0 Å². The average Bonchev–Trinajstić information content (AvgIpc) is 2.30. The largest absolute Gasteiger partial charge is 0.418 e. The van der Waals surface area contributed by atoms with Crippen LogP contribution in [0.15, 0.2) is 30.5 Å². The molecule has 3 nitrogen and oxygen atoms in total. The summed E-state index contributed by atoms with van der Waals surface area (Å²) in [6.07, 6.45) is -0.869. The standard InChI is InChI=1S/C12H12ClF3N2O/c1-2-3-6-17-11(19)18-10-5-4-8(13)7-9(10)12(14,15)16/h3-7H,2H2,1H3,(H2,17,18,19)/b6-3+. The molecule has 0 unspecified atom stereocenters. The maximum Gasteiger partial charge on any atom is 0.418 e. The van der Waals surface area contributed by atoms with Crippen LogP contribution in [0.4, 0.5) is 23.7 Å². The summed E-state index contributed by atoms with van der Waals surface area (Å²) in [5.41, 5.74) is -1.34. The fourth-order valence-electron chi connectivity index (χ4n) is 1.27. The molecular weight excluding hydrogens is 281 g/mol. The van der Waals surface area contributed by atoms with Crippen LogP contribution in [-0.2, 0) is 6.18 Å². The number of carbonyl (C=O) groups excluding carboxylic acids is 1. The third-order valence-corrected chi connectivity index (χ3v) is 2.34. The van der Waals surface area contributed by atoms with Crippen molar-refractivity contribution in [3.05, 3.63) is 41.1 Å². The predicted octanol–water partition coefficient (Wildman–Crippen LogP) is 4.40. The number of alkyl halides is 3. The van der Waals surface area contributed by atoms with Gasteiger partial charge < -0.3 is 10.6 Å². The maximum atomic E-state index is 12.7.